The van der Waals surface area contributed by atoms with E-state index in [1.807, 2.05) is 49.9 Å². The standard InChI is InChI=1S/C22H28FN3O2/c1-14-6-5-7-18(10-14)25-22(27)17(4)24-19-8-9-21(20(23)11-19)26-12-15(2)28-16(3)13-26/h5-11,15-17,24H,12-13H2,1-4H3,(H,25,27). The molecule has 0 aliphatic carbocycles. The van der Waals surface area contributed by atoms with Crippen LogP contribution in [-0.2, 0) is 9.53 Å². The summed E-state index contributed by atoms with van der Waals surface area (Å²) in [5, 5.41) is 5.94. The molecule has 0 radical (unpaired) electrons. The molecule has 3 atom stereocenters. The van der Waals surface area contributed by atoms with E-state index in [2.05, 4.69) is 10.6 Å². The van der Waals surface area contributed by atoms with Crippen molar-refractivity contribution in [3.8, 4) is 0 Å². The molecule has 1 aliphatic rings. The zero-order valence-corrected chi connectivity index (χ0v) is 16.8. The van der Waals surface area contributed by atoms with Crippen molar-refractivity contribution < 1.29 is 13.9 Å². The second kappa shape index (κ2) is 8.61. The van der Waals surface area contributed by atoms with Crippen molar-refractivity contribution in [1.29, 1.82) is 0 Å². The van der Waals surface area contributed by atoms with Gasteiger partial charge in [-0.25, -0.2) is 4.39 Å². The van der Waals surface area contributed by atoms with Gasteiger partial charge in [0.15, 0.2) is 0 Å². The van der Waals surface area contributed by atoms with Gasteiger partial charge in [0.1, 0.15) is 11.9 Å². The van der Waals surface area contributed by atoms with E-state index in [9.17, 15) is 9.18 Å². The Kier molecular flexibility index (Phi) is 6.19. The van der Waals surface area contributed by atoms with E-state index in [-0.39, 0.29) is 23.9 Å². The summed E-state index contributed by atoms with van der Waals surface area (Å²) >= 11 is 0. The van der Waals surface area contributed by atoms with E-state index in [1.165, 1.54) is 6.07 Å². The first-order valence-corrected chi connectivity index (χ1v) is 9.66. The first kappa shape index (κ1) is 20.1. The molecule has 2 N–H and O–H groups in total. The number of rotatable bonds is 5. The molecular weight excluding hydrogens is 357 g/mol. The lowest BCUT2D eigenvalue weighted by atomic mass is 10.1. The number of anilines is 3. The first-order chi connectivity index (χ1) is 13.3. The molecule has 28 heavy (non-hydrogen) atoms. The van der Waals surface area contributed by atoms with Gasteiger partial charge in [0.05, 0.1) is 17.9 Å². The number of carbonyl (C=O) groups excluding carboxylic acids is 1. The zero-order valence-electron chi connectivity index (χ0n) is 16.8. The molecule has 1 saturated heterocycles. The van der Waals surface area contributed by atoms with Crippen LogP contribution in [0.4, 0.5) is 21.5 Å². The van der Waals surface area contributed by atoms with Gasteiger partial charge < -0.3 is 20.3 Å². The first-order valence-electron chi connectivity index (χ1n) is 9.66. The fourth-order valence-electron chi connectivity index (χ4n) is 3.52. The van der Waals surface area contributed by atoms with E-state index >= 15 is 0 Å². The highest BCUT2D eigenvalue weighted by Crippen LogP contribution is 2.26. The van der Waals surface area contributed by atoms with Crippen LogP contribution in [0.3, 0.4) is 0 Å². The molecule has 0 aromatic heterocycles. The van der Waals surface area contributed by atoms with Crippen molar-refractivity contribution in [1.82, 2.24) is 0 Å². The minimum atomic E-state index is -0.505. The molecule has 1 amide bonds. The van der Waals surface area contributed by atoms with Gasteiger partial charge in [-0.15, -0.1) is 0 Å². The Labute approximate surface area is 165 Å². The molecule has 2 aromatic carbocycles. The summed E-state index contributed by atoms with van der Waals surface area (Å²) in [7, 11) is 0. The molecule has 0 bridgehead atoms. The maximum atomic E-state index is 14.7. The maximum absolute atomic E-state index is 14.7. The predicted octanol–water partition coefficient (Wildman–Crippen LogP) is 4.19. The van der Waals surface area contributed by atoms with Crippen LogP contribution in [0.15, 0.2) is 42.5 Å². The molecule has 1 heterocycles. The van der Waals surface area contributed by atoms with Gasteiger partial charge in [0.2, 0.25) is 5.91 Å². The molecule has 0 spiro atoms. The van der Waals surface area contributed by atoms with Crippen LogP contribution in [0.5, 0.6) is 0 Å². The van der Waals surface area contributed by atoms with Crippen LogP contribution in [0.1, 0.15) is 26.3 Å². The molecule has 3 unspecified atom stereocenters. The summed E-state index contributed by atoms with van der Waals surface area (Å²) in [6.07, 6.45) is 0.123. The van der Waals surface area contributed by atoms with Crippen molar-refractivity contribution in [2.45, 2.75) is 45.9 Å². The van der Waals surface area contributed by atoms with Gasteiger partial charge in [0, 0.05) is 24.5 Å². The quantitative estimate of drug-likeness (QED) is 0.810. The summed E-state index contributed by atoms with van der Waals surface area (Å²) in [5.74, 6) is -0.483. The molecule has 1 fully saturated rings. The van der Waals surface area contributed by atoms with Crippen LogP contribution >= 0.6 is 0 Å². The highest BCUT2D eigenvalue weighted by molar-refractivity contribution is 5.96. The van der Waals surface area contributed by atoms with Crippen LogP contribution in [0.2, 0.25) is 0 Å². The summed E-state index contributed by atoms with van der Waals surface area (Å²) in [4.78, 5) is 14.4. The fraction of sp³-hybridized carbons (Fsp3) is 0.409. The highest BCUT2D eigenvalue weighted by Gasteiger charge is 2.24. The summed E-state index contributed by atoms with van der Waals surface area (Å²) in [6.45, 7) is 9.02. The summed E-state index contributed by atoms with van der Waals surface area (Å²) < 4.78 is 20.4. The third kappa shape index (κ3) is 5.01. The Hall–Kier alpha value is -2.60. The van der Waals surface area contributed by atoms with Gasteiger partial charge in [0.25, 0.3) is 0 Å². The second-order valence-electron chi connectivity index (χ2n) is 7.55. The highest BCUT2D eigenvalue weighted by atomic mass is 19.1. The molecular formula is C22H28FN3O2. The Bertz CT molecular complexity index is 832. The van der Waals surface area contributed by atoms with Gasteiger partial charge in [-0.3, -0.25) is 4.79 Å². The van der Waals surface area contributed by atoms with Crippen molar-refractivity contribution >= 4 is 23.0 Å². The number of nitrogens with one attached hydrogen (secondary N) is 2. The number of nitrogens with zero attached hydrogens (tertiary/aromatic N) is 1. The topological polar surface area (TPSA) is 53.6 Å². The lowest BCUT2D eigenvalue weighted by Gasteiger charge is -2.37. The molecule has 3 rings (SSSR count). The number of hydrogen-bond donors (Lipinski definition) is 2. The minimum absolute atomic E-state index is 0.0614. The molecule has 150 valence electrons. The number of aryl methyl sites for hydroxylation is 1. The van der Waals surface area contributed by atoms with Gasteiger partial charge in [-0.2, -0.15) is 0 Å². The minimum Gasteiger partial charge on any atom is -0.374 e. The number of ether oxygens (including phenoxy) is 1. The van der Waals surface area contributed by atoms with Crippen molar-refractivity contribution in [3.63, 3.8) is 0 Å². The third-order valence-corrected chi connectivity index (χ3v) is 4.77. The van der Waals surface area contributed by atoms with Crippen molar-refractivity contribution in [2.24, 2.45) is 0 Å². The number of benzene rings is 2. The molecule has 2 aromatic rings. The number of carbonyl (C=O) groups is 1. The van der Waals surface area contributed by atoms with E-state index in [0.29, 0.717) is 24.5 Å². The lowest BCUT2D eigenvalue weighted by Crippen LogP contribution is -2.45. The normalized spacial score (nSPS) is 20.5. The van der Waals surface area contributed by atoms with Crippen LogP contribution in [0.25, 0.3) is 0 Å². The van der Waals surface area contributed by atoms with Crippen molar-refractivity contribution in [2.75, 3.05) is 28.6 Å². The van der Waals surface area contributed by atoms with Crippen LogP contribution < -0.4 is 15.5 Å². The zero-order chi connectivity index (χ0) is 20.3. The average Bonchev–Trinajstić information content (AvgIpc) is 2.61. The monoisotopic (exact) mass is 385 g/mol. The van der Waals surface area contributed by atoms with E-state index in [1.54, 1.807) is 19.1 Å². The van der Waals surface area contributed by atoms with E-state index < -0.39 is 6.04 Å². The smallest absolute Gasteiger partial charge is 0.246 e. The Morgan fingerprint density at radius 3 is 2.50 bits per heavy atom. The van der Waals surface area contributed by atoms with E-state index in [0.717, 1.165) is 11.3 Å². The largest absolute Gasteiger partial charge is 0.374 e. The third-order valence-electron chi connectivity index (χ3n) is 4.77. The number of hydrogen-bond acceptors (Lipinski definition) is 4. The summed E-state index contributed by atoms with van der Waals surface area (Å²) in [5.41, 5.74) is 2.95. The SMILES string of the molecule is Cc1cccc(NC(=O)C(C)Nc2ccc(N3CC(C)OC(C)C3)c(F)c2)c1. The van der Waals surface area contributed by atoms with Crippen LogP contribution in [-0.4, -0.2) is 37.2 Å². The predicted molar refractivity (Wildman–Crippen MR) is 112 cm³/mol. The van der Waals surface area contributed by atoms with Gasteiger partial charge in [-0.05, 0) is 63.6 Å². The molecule has 1 aliphatic heterocycles. The van der Waals surface area contributed by atoms with E-state index in [4.69, 9.17) is 4.74 Å². The van der Waals surface area contributed by atoms with Crippen molar-refractivity contribution in [3.05, 3.63) is 53.8 Å². The summed E-state index contributed by atoms with van der Waals surface area (Å²) in [6, 6.07) is 12.1. The Morgan fingerprint density at radius 2 is 1.86 bits per heavy atom. The average molecular weight is 385 g/mol. The number of amides is 1. The Morgan fingerprint density at radius 1 is 1.14 bits per heavy atom. The van der Waals surface area contributed by atoms with Gasteiger partial charge in [-0.1, -0.05) is 12.1 Å². The molecule has 6 heteroatoms. The number of halogens is 1. The second-order valence-corrected chi connectivity index (χ2v) is 7.55. The van der Waals surface area contributed by atoms with Crippen LogP contribution in [0, 0.1) is 12.7 Å². The van der Waals surface area contributed by atoms with Gasteiger partial charge >= 0.3 is 0 Å². The number of morpholine rings is 1. The molecule has 0 saturated carbocycles. The fourth-order valence-corrected chi connectivity index (χ4v) is 3.52. The Balaban J connectivity index is 1.64. The maximum Gasteiger partial charge on any atom is 0.246 e. The lowest BCUT2D eigenvalue weighted by molar-refractivity contribution is -0.116. The molecule has 5 nitrogen and oxygen atoms in total.